The van der Waals surface area contributed by atoms with Crippen LogP contribution in [-0.4, -0.2) is 7.05 Å². The molecule has 2 rings (SSSR count). The third kappa shape index (κ3) is 2.85. The van der Waals surface area contributed by atoms with E-state index in [2.05, 4.69) is 38.2 Å². The average molecular weight is 257 g/mol. The molecule has 19 heavy (non-hydrogen) atoms. The monoisotopic (exact) mass is 257 g/mol. The van der Waals surface area contributed by atoms with Crippen LogP contribution in [0.5, 0.6) is 0 Å². The Hall–Kier alpha value is -1.67. The number of hydrogen-bond acceptors (Lipinski definition) is 1. The summed E-state index contributed by atoms with van der Waals surface area (Å²) in [5.41, 5.74) is 6.89. The molecule has 0 heterocycles. The Morgan fingerprint density at radius 3 is 2.21 bits per heavy atom. The number of aryl methyl sites for hydroxylation is 3. The number of benzene rings is 2. The minimum absolute atomic E-state index is 0.186. The largest absolute Gasteiger partial charge is 0.316 e. The van der Waals surface area contributed by atoms with Crippen LogP contribution >= 0.6 is 0 Å². The Labute approximate surface area is 114 Å². The molecule has 100 valence electrons. The maximum absolute atomic E-state index is 13.6. The van der Waals surface area contributed by atoms with E-state index < -0.39 is 0 Å². The minimum Gasteiger partial charge on any atom is -0.316 e. The first kappa shape index (κ1) is 13.8. The van der Waals surface area contributed by atoms with Crippen LogP contribution in [0.2, 0.25) is 0 Å². The Kier molecular flexibility index (Phi) is 4.01. The first-order valence-corrected chi connectivity index (χ1v) is 6.54. The van der Waals surface area contributed by atoms with E-state index in [1.165, 1.54) is 22.8 Å². The smallest absolute Gasteiger partial charge is 0.123 e. The van der Waals surface area contributed by atoms with Crippen LogP contribution in [0, 0.1) is 26.6 Å². The molecule has 0 unspecified atom stereocenters. The second-order valence-electron chi connectivity index (χ2n) is 5.11. The normalized spacial score (nSPS) is 10.8. The van der Waals surface area contributed by atoms with Gasteiger partial charge in [-0.15, -0.1) is 0 Å². The van der Waals surface area contributed by atoms with E-state index >= 15 is 0 Å². The van der Waals surface area contributed by atoms with Crippen molar-refractivity contribution >= 4 is 0 Å². The van der Waals surface area contributed by atoms with Crippen molar-refractivity contribution in [1.82, 2.24) is 5.32 Å². The molecule has 0 amide bonds. The maximum Gasteiger partial charge on any atom is 0.123 e. The van der Waals surface area contributed by atoms with Crippen molar-refractivity contribution in [2.24, 2.45) is 0 Å². The lowest BCUT2D eigenvalue weighted by atomic mass is 9.91. The average Bonchev–Trinajstić information content (AvgIpc) is 2.31. The van der Waals surface area contributed by atoms with Gasteiger partial charge in [0.05, 0.1) is 0 Å². The fourth-order valence-corrected chi connectivity index (χ4v) is 2.73. The van der Waals surface area contributed by atoms with Crippen LogP contribution in [0.1, 0.15) is 22.3 Å². The van der Waals surface area contributed by atoms with E-state index in [-0.39, 0.29) is 5.82 Å². The molecule has 1 nitrogen and oxygen atoms in total. The van der Waals surface area contributed by atoms with Crippen molar-refractivity contribution in [3.63, 3.8) is 0 Å². The summed E-state index contributed by atoms with van der Waals surface area (Å²) in [6, 6.07) is 9.32. The maximum atomic E-state index is 13.6. The molecule has 0 saturated carbocycles. The van der Waals surface area contributed by atoms with Crippen molar-refractivity contribution < 1.29 is 4.39 Å². The molecule has 0 spiro atoms. The zero-order chi connectivity index (χ0) is 14.0. The lowest BCUT2D eigenvalue weighted by Crippen LogP contribution is -2.07. The first-order chi connectivity index (χ1) is 9.02. The Morgan fingerprint density at radius 1 is 1.00 bits per heavy atom. The molecule has 1 N–H and O–H groups in total. The highest BCUT2D eigenvalue weighted by atomic mass is 19.1. The second kappa shape index (κ2) is 5.54. The fourth-order valence-electron chi connectivity index (χ4n) is 2.73. The second-order valence-corrected chi connectivity index (χ2v) is 5.11. The fraction of sp³-hybridized carbons (Fsp3) is 0.294. The summed E-state index contributed by atoms with van der Waals surface area (Å²) in [5.74, 6) is -0.186. The summed E-state index contributed by atoms with van der Waals surface area (Å²) in [5, 5.41) is 3.14. The van der Waals surface area contributed by atoms with Gasteiger partial charge in [0, 0.05) is 6.54 Å². The summed E-state index contributed by atoms with van der Waals surface area (Å²) < 4.78 is 13.6. The molecule has 2 heteroatoms. The summed E-state index contributed by atoms with van der Waals surface area (Å²) in [6.45, 7) is 7.00. The molecule has 0 atom stereocenters. The lowest BCUT2D eigenvalue weighted by molar-refractivity contribution is 0.627. The summed E-state index contributed by atoms with van der Waals surface area (Å²) >= 11 is 0. The van der Waals surface area contributed by atoms with Gasteiger partial charge in [0.2, 0.25) is 0 Å². The van der Waals surface area contributed by atoms with Gasteiger partial charge >= 0.3 is 0 Å². The predicted octanol–water partition coefficient (Wildman–Crippen LogP) is 4.14. The molecular formula is C17H20FN. The molecule has 0 bridgehead atoms. The number of rotatable bonds is 3. The van der Waals surface area contributed by atoms with Gasteiger partial charge in [-0.05, 0) is 67.8 Å². The zero-order valence-corrected chi connectivity index (χ0v) is 12.0. The van der Waals surface area contributed by atoms with Crippen LogP contribution in [0.15, 0.2) is 30.3 Å². The van der Waals surface area contributed by atoms with Gasteiger partial charge in [0.25, 0.3) is 0 Å². The van der Waals surface area contributed by atoms with E-state index in [9.17, 15) is 4.39 Å². The molecule has 0 aliphatic carbocycles. The standard InChI is InChI=1S/C17H20FN/c1-11-7-12(2)17(13(3)8-11)16-9-15(18)6-5-14(16)10-19-4/h5-9,19H,10H2,1-4H3. The third-order valence-corrected chi connectivity index (χ3v) is 3.39. The highest BCUT2D eigenvalue weighted by Crippen LogP contribution is 2.31. The Balaban J connectivity index is 2.67. The van der Waals surface area contributed by atoms with Crippen LogP contribution in [0.3, 0.4) is 0 Å². The van der Waals surface area contributed by atoms with Gasteiger partial charge in [-0.25, -0.2) is 4.39 Å². The van der Waals surface area contributed by atoms with E-state index in [0.717, 1.165) is 23.2 Å². The van der Waals surface area contributed by atoms with Gasteiger partial charge < -0.3 is 5.32 Å². The highest BCUT2D eigenvalue weighted by molar-refractivity contribution is 5.74. The van der Waals surface area contributed by atoms with Crippen molar-refractivity contribution in [2.45, 2.75) is 27.3 Å². The first-order valence-electron chi connectivity index (χ1n) is 6.54. The third-order valence-electron chi connectivity index (χ3n) is 3.39. The zero-order valence-electron chi connectivity index (χ0n) is 12.0. The van der Waals surface area contributed by atoms with Gasteiger partial charge in [-0.2, -0.15) is 0 Å². The van der Waals surface area contributed by atoms with Crippen molar-refractivity contribution in [2.75, 3.05) is 7.05 Å². The molecule has 0 aromatic heterocycles. The number of halogens is 1. The van der Waals surface area contributed by atoms with Crippen LogP contribution < -0.4 is 5.32 Å². The quantitative estimate of drug-likeness (QED) is 0.871. The SMILES string of the molecule is CNCc1ccc(F)cc1-c1c(C)cc(C)cc1C. The van der Waals surface area contributed by atoms with Gasteiger partial charge in [-0.1, -0.05) is 23.8 Å². The van der Waals surface area contributed by atoms with Crippen molar-refractivity contribution in [3.8, 4) is 11.1 Å². The van der Waals surface area contributed by atoms with Crippen LogP contribution in [0.4, 0.5) is 4.39 Å². The summed E-state index contributed by atoms with van der Waals surface area (Å²) in [6.07, 6.45) is 0. The summed E-state index contributed by atoms with van der Waals surface area (Å²) in [7, 11) is 1.90. The molecular weight excluding hydrogens is 237 g/mol. The van der Waals surface area contributed by atoms with E-state index in [1.54, 1.807) is 6.07 Å². The van der Waals surface area contributed by atoms with Gasteiger partial charge in [0.1, 0.15) is 5.82 Å². The van der Waals surface area contributed by atoms with Crippen molar-refractivity contribution in [1.29, 1.82) is 0 Å². The topological polar surface area (TPSA) is 12.0 Å². The predicted molar refractivity (Wildman–Crippen MR) is 78.8 cm³/mol. The molecule has 0 fully saturated rings. The number of hydrogen-bond donors (Lipinski definition) is 1. The molecule has 0 saturated heterocycles. The lowest BCUT2D eigenvalue weighted by Gasteiger charge is -2.16. The van der Waals surface area contributed by atoms with E-state index in [4.69, 9.17) is 0 Å². The van der Waals surface area contributed by atoms with Crippen molar-refractivity contribution in [3.05, 3.63) is 58.4 Å². The van der Waals surface area contributed by atoms with E-state index in [0.29, 0.717) is 0 Å². The molecule has 0 radical (unpaired) electrons. The number of nitrogens with one attached hydrogen (secondary N) is 1. The molecule has 2 aromatic rings. The molecule has 0 aliphatic heterocycles. The summed E-state index contributed by atoms with van der Waals surface area (Å²) in [4.78, 5) is 0. The molecule has 0 aliphatic rings. The Bertz CT molecular complexity index is 579. The van der Waals surface area contributed by atoms with Crippen LogP contribution in [0.25, 0.3) is 11.1 Å². The molecule has 2 aromatic carbocycles. The van der Waals surface area contributed by atoms with Gasteiger partial charge in [0.15, 0.2) is 0 Å². The Morgan fingerprint density at radius 2 is 1.63 bits per heavy atom. The van der Waals surface area contributed by atoms with E-state index in [1.807, 2.05) is 13.1 Å². The minimum atomic E-state index is -0.186. The van der Waals surface area contributed by atoms with Gasteiger partial charge in [-0.3, -0.25) is 0 Å². The highest BCUT2D eigenvalue weighted by Gasteiger charge is 2.11. The van der Waals surface area contributed by atoms with Crippen LogP contribution in [-0.2, 0) is 6.54 Å².